The van der Waals surface area contributed by atoms with E-state index in [0.29, 0.717) is 16.8 Å². The second-order valence-corrected chi connectivity index (χ2v) is 5.19. The van der Waals surface area contributed by atoms with Crippen molar-refractivity contribution in [3.8, 4) is 0 Å². The number of nitrogens with one attached hydrogen (secondary N) is 1. The molecule has 0 aliphatic heterocycles. The summed E-state index contributed by atoms with van der Waals surface area (Å²) in [7, 11) is 0. The minimum Gasteiger partial charge on any atom is -0.322 e. The quantitative estimate of drug-likeness (QED) is 0.877. The molecule has 0 bridgehead atoms. The highest BCUT2D eigenvalue weighted by molar-refractivity contribution is 7.97. The van der Waals surface area contributed by atoms with Gasteiger partial charge >= 0.3 is 0 Å². The molecular formula is C16H11NO2S. The number of hydrogen-bond donors (Lipinski definition) is 1. The van der Waals surface area contributed by atoms with Crippen LogP contribution in [0.25, 0.3) is 0 Å². The summed E-state index contributed by atoms with van der Waals surface area (Å²) < 4.78 is 2.97. The lowest BCUT2D eigenvalue weighted by atomic mass is 9.93. The van der Waals surface area contributed by atoms with Crippen molar-refractivity contribution < 1.29 is 9.59 Å². The van der Waals surface area contributed by atoms with E-state index in [1.807, 2.05) is 30.3 Å². The Morgan fingerprint density at radius 3 is 2.20 bits per heavy atom. The molecule has 0 aromatic heterocycles. The van der Waals surface area contributed by atoms with Gasteiger partial charge in [-0.15, -0.1) is 0 Å². The van der Waals surface area contributed by atoms with Crippen LogP contribution in [0, 0.1) is 0 Å². The van der Waals surface area contributed by atoms with Crippen molar-refractivity contribution in [2.45, 2.75) is 4.90 Å². The largest absolute Gasteiger partial charge is 0.322 e. The molecule has 0 atom stereocenters. The van der Waals surface area contributed by atoms with Crippen LogP contribution in [0.1, 0.15) is 20.7 Å². The molecule has 20 heavy (non-hydrogen) atoms. The summed E-state index contributed by atoms with van der Waals surface area (Å²) in [6.45, 7) is 0. The number of hydrogen-bond acceptors (Lipinski definition) is 4. The Morgan fingerprint density at radius 2 is 1.45 bits per heavy atom. The first kappa shape index (κ1) is 12.7. The Bertz CT molecular complexity index is 707. The molecule has 1 N–H and O–H groups in total. The maximum absolute atomic E-state index is 12.3. The summed E-state index contributed by atoms with van der Waals surface area (Å²) in [5.41, 5.74) is 1.24. The van der Waals surface area contributed by atoms with Crippen LogP contribution in [0.3, 0.4) is 0 Å². The topological polar surface area (TPSA) is 46.2 Å². The Kier molecular flexibility index (Phi) is 3.39. The number of ketones is 2. The molecule has 0 radical (unpaired) electrons. The molecular weight excluding hydrogens is 270 g/mol. The highest BCUT2D eigenvalue weighted by atomic mass is 32.2. The highest BCUT2D eigenvalue weighted by Gasteiger charge is 2.24. The molecule has 2 aromatic rings. The average Bonchev–Trinajstić information content (AvgIpc) is 2.50. The van der Waals surface area contributed by atoms with Crippen LogP contribution in [0.5, 0.6) is 0 Å². The Labute approximate surface area is 120 Å². The van der Waals surface area contributed by atoms with Gasteiger partial charge in [-0.05, 0) is 24.1 Å². The van der Waals surface area contributed by atoms with E-state index in [-0.39, 0.29) is 11.6 Å². The summed E-state index contributed by atoms with van der Waals surface area (Å²) in [6, 6.07) is 16.5. The zero-order chi connectivity index (χ0) is 13.9. The van der Waals surface area contributed by atoms with Crippen molar-refractivity contribution in [1.29, 1.82) is 0 Å². The van der Waals surface area contributed by atoms with E-state index in [2.05, 4.69) is 4.72 Å². The number of rotatable bonds is 3. The fraction of sp³-hybridized carbons (Fsp3) is 0. The summed E-state index contributed by atoms with van der Waals surface area (Å²) in [5, 5.41) is 0. The molecule has 1 aliphatic rings. The lowest BCUT2D eigenvalue weighted by molar-refractivity contribution is 0.0981. The minimum atomic E-state index is -0.149. The van der Waals surface area contributed by atoms with Gasteiger partial charge in [0.1, 0.15) is 0 Å². The van der Waals surface area contributed by atoms with E-state index in [4.69, 9.17) is 0 Å². The molecule has 3 rings (SSSR count). The number of carbonyl (C=O) groups excluding carboxylic acids is 2. The Morgan fingerprint density at radius 1 is 0.800 bits per heavy atom. The fourth-order valence-electron chi connectivity index (χ4n) is 1.99. The summed E-state index contributed by atoms with van der Waals surface area (Å²) >= 11 is 1.32. The summed E-state index contributed by atoms with van der Waals surface area (Å²) in [5.74, 6) is -0.292. The molecule has 0 amide bonds. The third-order valence-electron chi connectivity index (χ3n) is 2.98. The van der Waals surface area contributed by atoms with E-state index in [1.165, 1.54) is 18.0 Å². The number of allylic oxidation sites excluding steroid dienone is 2. The van der Waals surface area contributed by atoms with E-state index < -0.39 is 0 Å². The van der Waals surface area contributed by atoms with Crippen LogP contribution in [-0.4, -0.2) is 11.6 Å². The first-order valence-electron chi connectivity index (χ1n) is 6.13. The molecule has 4 heteroatoms. The SMILES string of the molecule is O=C1C=C(NSc2ccccc2)C(=O)c2ccccc21. The van der Waals surface area contributed by atoms with Crippen molar-refractivity contribution in [1.82, 2.24) is 4.72 Å². The molecule has 0 unspecified atom stereocenters. The van der Waals surface area contributed by atoms with Crippen LogP contribution in [-0.2, 0) is 0 Å². The zero-order valence-corrected chi connectivity index (χ0v) is 11.3. The van der Waals surface area contributed by atoms with Crippen molar-refractivity contribution in [3.05, 3.63) is 77.5 Å². The molecule has 0 heterocycles. The molecule has 2 aromatic carbocycles. The molecule has 0 saturated heterocycles. The predicted molar refractivity (Wildman–Crippen MR) is 78.6 cm³/mol. The Hall–Kier alpha value is -2.33. The highest BCUT2D eigenvalue weighted by Crippen LogP contribution is 2.23. The van der Waals surface area contributed by atoms with E-state index >= 15 is 0 Å². The first-order valence-corrected chi connectivity index (χ1v) is 6.95. The van der Waals surface area contributed by atoms with Gasteiger partial charge in [0.25, 0.3) is 0 Å². The number of carbonyl (C=O) groups is 2. The zero-order valence-electron chi connectivity index (χ0n) is 10.5. The molecule has 0 fully saturated rings. The van der Waals surface area contributed by atoms with Gasteiger partial charge < -0.3 is 4.72 Å². The van der Waals surface area contributed by atoms with Gasteiger partial charge in [0.2, 0.25) is 5.78 Å². The lowest BCUT2D eigenvalue weighted by Crippen LogP contribution is -2.23. The van der Waals surface area contributed by atoms with Crippen molar-refractivity contribution in [3.63, 3.8) is 0 Å². The number of Topliss-reactive ketones (excluding diaryl/α,β-unsaturated/α-hetero) is 1. The lowest BCUT2D eigenvalue weighted by Gasteiger charge is -2.15. The minimum absolute atomic E-state index is 0.142. The average molecular weight is 281 g/mol. The monoisotopic (exact) mass is 281 g/mol. The van der Waals surface area contributed by atoms with Crippen LogP contribution in [0.15, 0.2) is 71.3 Å². The smallest absolute Gasteiger partial charge is 0.210 e. The van der Waals surface area contributed by atoms with Crippen LogP contribution in [0.4, 0.5) is 0 Å². The molecule has 98 valence electrons. The third kappa shape index (κ3) is 2.38. The fourth-order valence-corrected chi connectivity index (χ4v) is 2.67. The van der Waals surface area contributed by atoms with Gasteiger partial charge in [0, 0.05) is 22.1 Å². The second kappa shape index (κ2) is 5.35. The summed E-state index contributed by atoms with van der Waals surface area (Å²) in [6.07, 6.45) is 1.36. The standard InChI is InChI=1S/C16H11NO2S/c18-15-10-14(17-20-11-6-2-1-3-7-11)16(19)13-9-5-4-8-12(13)15/h1-10,17H. The van der Waals surface area contributed by atoms with Gasteiger partial charge in [-0.2, -0.15) is 0 Å². The van der Waals surface area contributed by atoms with Crippen molar-refractivity contribution >= 4 is 23.5 Å². The summed E-state index contributed by atoms with van der Waals surface area (Å²) in [4.78, 5) is 25.2. The van der Waals surface area contributed by atoms with Crippen molar-refractivity contribution in [2.24, 2.45) is 0 Å². The molecule has 3 nitrogen and oxygen atoms in total. The van der Waals surface area contributed by atoms with Gasteiger partial charge in [0.05, 0.1) is 5.70 Å². The maximum atomic E-state index is 12.3. The van der Waals surface area contributed by atoms with Gasteiger partial charge in [-0.1, -0.05) is 42.5 Å². The molecule has 0 spiro atoms. The van der Waals surface area contributed by atoms with Gasteiger partial charge in [-0.25, -0.2) is 0 Å². The van der Waals surface area contributed by atoms with Gasteiger partial charge in [0.15, 0.2) is 5.78 Å². The van der Waals surface area contributed by atoms with Crippen molar-refractivity contribution in [2.75, 3.05) is 0 Å². The van der Waals surface area contributed by atoms with E-state index in [9.17, 15) is 9.59 Å². The number of fused-ring (bicyclic) bond motifs is 1. The molecule has 0 saturated carbocycles. The molecule has 1 aliphatic carbocycles. The van der Waals surface area contributed by atoms with E-state index in [1.54, 1.807) is 24.3 Å². The predicted octanol–water partition coefficient (Wildman–Crippen LogP) is 3.25. The van der Waals surface area contributed by atoms with E-state index in [0.717, 1.165) is 4.90 Å². The Balaban J connectivity index is 1.82. The maximum Gasteiger partial charge on any atom is 0.210 e. The normalized spacial score (nSPS) is 13.7. The second-order valence-electron chi connectivity index (χ2n) is 4.31. The van der Waals surface area contributed by atoms with Gasteiger partial charge in [-0.3, -0.25) is 9.59 Å². The number of benzene rings is 2. The third-order valence-corrected chi connectivity index (χ3v) is 3.81. The van der Waals surface area contributed by atoms with Crippen LogP contribution >= 0.6 is 11.9 Å². The van der Waals surface area contributed by atoms with Crippen LogP contribution < -0.4 is 4.72 Å². The van der Waals surface area contributed by atoms with Crippen LogP contribution in [0.2, 0.25) is 0 Å². The first-order chi connectivity index (χ1) is 9.75.